The zero-order valence-electron chi connectivity index (χ0n) is 19.6. The van der Waals surface area contributed by atoms with E-state index < -0.39 is 22.4 Å². The number of piperidine rings is 1. The molecule has 0 aromatic heterocycles. The minimum Gasteiger partial charge on any atom is -0.493 e. The number of hydrogen-bond acceptors (Lipinski definition) is 7. The van der Waals surface area contributed by atoms with Crippen LogP contribution in [0, 0.1) is 11.8 Å². The van der Waals surface area contributed by atoms with Crippen LogP contribution in [0.25, 0.3) is 0 Å². The number of amides is 1. The highest BCUT2D eigenvalue weighted by molar-refractivity contribution is 7.90. The third kappa shape index (κ3) is 5.16. The first-order valence-corrected chi connectivity index (χ1v) is 13.0. The molecule has 10 nitrogen and oxygen atoms in total. The molecular formula is C24H29N3O7S. The average molecular weight is 504 g/mol. The van der Waals surface area contributed by atoms with Crippen LogP contribution in [0.4, 0.5) is 10.5 Å². The summed E-state index contributed by atoms with van der Waals surface area (Å²) in [5, 5.41) is 0. The van der Waals surface area contributed by atoms with Gasteiger partial charge in [-0.25, -0.2) is 4.79 Å². The van der Waals surface area contributed by atoms with Crippen molar-refractivity contribution in [2.24, 2.45) is 11.8 Å². The van der Waals surface area contributed by atoms with E-state index in [0.717, 1.165) is 6.42 Å². The predicted molar refractivity (Wildman–Crippen MR) is 128 cm³/mol. The number of benzene rings is 2. The van der Waals surface area contributed by atoms with E-state index in [1.807, 2.05) is 0 Å². The Bertz CT molecular complexity index is 1180. The average Bonchev–Trinajstić information content (AvgIpc) is 3.24. The number of nitrogens with zero attached hydrogens (tertiary/aromatic N) is 2. The zero-order valence-corrected chi connectivity index (χ0v) is 20.4. The summed E-state index contributed by atoms with van der Waals surface area (Å²) >= 11 is 0. The number of anilines is 1. The normalized spacial score (nSPS) is 25.7. The number of para-hydroxylation sites is 2. The Labute approximate surface area is 204 Å². The Hall–Kier alpha value is -3.02. The highest BCUT2D eigenvalue weighted by atomic mass is 32.2. The molecule has 188 valence electrons. The van der Waals surface area contributed by atoms with E-state index in [9.17, 15) is 13.2 Å². The van der Waals surface area contributed by atoms with Gasteiger partial charge in [0.1, 0.15) is 18.0 Å². The number of nitrogens with one attached hydrogen (secondary N) is 1. The van der Waals surface area contributed by atoms with E-state index in [1.165, 1.54) is 16.3 Å². The monoisotopic (exact) mass is 503 g/mol. The third-order valence-electron chi connectivity index (χ3n) is 6.70. The molecule has 1 amide bonds. The number of ether oxygens (including phenoxy) is 4. The predicted octanol–water partition coefficient (Wildman–Crippen LogP) is 2.58. The van der Waals surface area contributed by atoms with Gasteiger partial charge in [-0.1, -0.05) is 18.2 Å². The molecule has 3 aliphatic rings. The van der Waals surface area contributed by atoms with Crippen molar-refractivity contribution in [1.82, 2.24) is 9.21 Å². The molecule has 2 aliphatic heterocycles. The summed E-state index contributed by atoms with van der Waals surface area (Å²) in [7, 11) is -0.541. The summed E-state index contributed by atoms with van der Waals surface area (Å²) in [6.45, 7) is 1.70. The van der Waals surface area contributed by atoms with Gasteiger partial charge >= 0.3 is 16.3 Å². The molecule has 4 atom stereocenters. The Morgan fingerprint density at radius 1 is 0.943 bits per heavy atom. The molecule has 2 heterocycles. The van der Waals surface area contributed by atoms with Crippen molar-refractivity contribution >= 4 is 22.0 Å². The van der Waals surface area contributed by atoms with Crippen LogP contribution in [0.2, 0.25) is 0 Å². The van der Waals surface area contributed by atoms with Gasteiger partial charge in [-0.3, -0.25) is 4.72 Å². The van der Waals surface area contributed by atoms with E-state index in [1.54, 1.807) is 55.6 Å². The number of methoxy groups -OCH3 is 2. The quantitative estimate of drug-likeness (QED) is 0.590. The second-order valence-electron chi connectivity index (χ2n) is 9.06. The maximum absolute atomic E-state index is 12.8. The van der Waals surface area contributed by atoms with Gasteiger partial charge in [0.2, 0.25) is 0 Å². The lowest BCUT2D eigenvalue weighted by Gasteiger charge is -2.21. The molecule has 2 saturated heterocycles. The van der Waals surface area contributed by atoms with Gasteiger partial charge in [0, 0.05) is 26.3 Å². The van der Waals surface area contributed by atoms with E-state index in [2.05, 4.69) is 4.72 Å². The Morgan fingerprint density at radius 2 is 1.66 bits per heavy atom. The van der Waals surface area contributed by atoms with E-state index >= 15 is 0 Å². The molecule has 2 unspecified atom stereocenters. The minimum atomic E-state index is -3.61. The number of likely N-dealkylation sites (tertiary alicyclic amines) is 1. The van der Waals surface area contributed by atoms with Crippen molar-refractivity contribution in [3.05, 3.63) is 48.5 Å². The Balaban J connectivity index is 1.22. The molecule has 1 saturated carbocycles. The first-order valence-electron chi connectivity index (χ1n) is 11.5. The summed E-state index contributed by atoms with van der Waals surface area (Å²) in [6, 6.07) is 13.7. The van der Waals surface area contributed by atoms with Gasteiger partial charge in [-0.15, -0.1) is 0 Å². The van der Waals surface area contributed by atoms with Crippen molar-refractivity contribution in [1.29, 1.82) is 0 Å². The van der Waals surface area contributed by atoms with Crippen LogP contribution in [0.1, 0.15) is 6.42 Å². The van der Waals surface area contributed by atoms with Gasteiger partial charge < -0.3 is 23.8 Å². The van der Waals surface area contributed by atoms with Crippen molar-refractivity contribution in [2.75, 3.05) is 45.1 Å². The number of carbonyl (C=O) groups excluding carboxylic acids is 1. The molecule has 0 radical (unpaired) electrons. The van der Waals surface area contributed by atoms with E-state index in [0.29, 0.717) is 54.4 Å². The van der Waals surface area contributed by atoms with Crippen LogP contribution < -0.4 is 18.9 Å². The van der Waals surface area contributed by atoms with E-state index in [4.69, 9.17) is 18.9 Å². The van der Waals surface area contributed by atoms with Crippen LogP contribution >= 0.6 is 0 Å². The first kappa shape index (κ1) is 23.7. The Morgan fingerprint density at radius 3 is 2.37 bits per heavy atom. The fourth-order valence-corrected chi connectivity index (χ4v) is 6.00. The smallest absolute Gasteiger partial charge is 0.415 e. The molecule has 0 bridgehead atoms. The number of carbonyl (C=O) groups is 1. The largest absolute Gasteiger partial charge is 0.493 e. The van der Waals surface area contributed by atoms with Gasteiger partial charge in [-0.2, -0.15) is 12.7 Å². The van der Waals surface area contributed by atoms with E-state index in [-0.39, 0.29) is 12.6 Å². The Kier molecular flexibility index (Phi) is 6.47. The van der Waals surface area contributed by atoms with Crippen LogP contribution in [0.3, 0.4) is 0 Å². The maximum atomic E-state index is 12.8. The zero-order chi connectivity index (χ0) is 24.6. The molecule has 2 aromatic rings. The van der Waals surface area contributed by atoms with Crippen LogP contribution in [-0.4, -0.2) is 76.3 Å². The minimum absolute atomic E-state index is 0.249. The summed E-state index contributed by atoms with van der Waals surface area (Å²) in [6.07, 6.45) is -0.242. The van der Waals surface area contributed by atoms with Crippen molar-refractivity contribution < 1.29 is 32.2 Å². The highest BCUT2D eigenvalue weighted by Gasteiger charge is 2.48. The molecular weight excluding hydrogens is 474 g/mol. The van der Waals surface area contributed by atoms with Gasteiger partial charge in [-0.05, 0) is 42.5 Å². The molecule has 11 heteroatoms. The molecule has 1 N–H and O–H groups in total. The summed E-state index contributed by atoms with van der Waals surface area (Å²) in [4.78, 5) is 14.3. The maximum Gasteiger partial charge on any atom is 0.415 e. The first-order chi connectivity index (χ1) is 16.9. The molecule has 35 heavy (non-hydrogen) atoms. The molecule has 0 spiro atoms. The topological polar surface area (TPSA) is 107 Å². The van der Waals surface area contributed by atoms with Crippen LogP contribution in [-0.2, 0) is 14.9 Å². The summed E-state index contributed by atoms with van der Waals surface area (Å²) in [5.74, 6) is 2.27. The molecule has 1 aliphatic carbocycles. The van der Waals surface area contributed by atoms with Crippen LogP contribution in [0.15, 0.2) is 48.5 Å². The summed E-state index contributed by atoms with van der Waals surface area (Å²) in [5.41, 5.74) is 0.419. The third-order valence-corrected chi connectivity index (χ3v) is 8.17. The number of hydrogen-bond donors (Lipinski definition) is 1. The van der Waals surface area contributed by atoms with Crippen molar-refractivity contribution in [3.63, 3.8) is 0 Å². The molecule has 3 fully saturated rings. The highest BCUT2D eigenvalue weighted by Crippen LogP contribution is 2.45. The molecule has 2 aromatic carbocycles. The fraction of sp³-hybridized carbons (Fsp3) is 0.458. The fourth-order valence-electron chi connectivity index (χ4n) is 4.67. The second kappa shape index (κ2) is 9.56. The lowest BCUT2D eigenvalue weighted by atomic mass is 10.2. The van der Waals surface area contributed by atoms with Gasteiger partial charge in [0.05, 0.1) is 25.9 Å². The molecule has 5 rings (SSSR count). The van der Waals surface area contributed by atoms with Crippen molar-refractivity contribution in [2.45, 2.75) is 18.6 Å². The standard InChI is InChI=1S/C24H29N3O7S/c1-31-20-8-3-4-9-21(20)34-24(28)26-14-22(32-2)23(15-26)33-19-7-5-6-18(11-19)25-35(29,30)27-12-16-10-17(16)13-27/h3-9,11,16-17,22-23,25H,10,12-15H2,1-2H3/t16?,17?,22-,23-/m1/s1. The number of rotatable bonds is 8. The van der Waals surface area contributed by atoms with Gasteiger partial charge in [0.15, 0.2) is 11.5 Å². The lowest BCUT2D eigenvalue weighted by molar-refractivity contribution is 0.0341. The second-order valence-corrected chi connectivity index (χ2v) is 10.7. The van der Waals surface area contributed by atoms with Gasteiger partial charge in [0.25, 0.3) is 0 Å². The lowest BCUT2D eigenvalue weighted by Crippen LogP contribution is -2.35. The number of fused-ring (bicyclic) bond motifs is 1. The summed E-state index contributed by atoms with van der Waals surface area (Å²) < 4.78 is 52.0. The van der Waals surface area contributed by atoms with Crippen LogP contribution in [0.5, 0.6) is 17.2 Å². The SMILES string of the molecule is COc1ccccc1OC(=O)N1C[C@@H](OC)[C@H](Oc2cccc(NS(=O)(=O)N3CC4CC4C3)c2)C1. The van der Waals surface area contributed by atoms with Crippen molar-refractivity contribution in [3.8, 4) is 17.2 Å².